The number of anilines is 1. The van der Waals surface area contributed by atoms with Gasteiger partial charge in [-0.15, -0.1) is 0 Å². The monoisotopic (exact) mass is 410 g/mol. The summed E-state index contributed by atoms with van der Waals surface area (Å²) in [6.45, 7) is -0.0806. The summed E-state index contributed by atoms with van der Waals surface area (Å²) >= 11 is 0. The molecule has 2 atom stereocenters. The van der Waals surface area contributed by atoms with Crippen molar-refractivity contribution < 1.29 is 26.4 Å². The number of nitrogens with zero attached hydrogens (tertiary/aromatic N) is 2. The van der Waals surface area contributed by atoms with E-state index in [4.69, 9.17) is 0 Å². The number of sulfone groups is 1. The van der Waals surface area contributed by atoms with Crippen LogP contribution in [0.5, 0.6) is 0 Å². The van der Waals surface area contributed by atoms with Gasteiger partial charge in [0.25, 0.3) is 0 Å². The molecule has 28 heavy (non-hydrogen) atoms. The number of amides is 2. The molecule has 0 spiro atoms. The summed E-state index contributed by atoms with van der Waals surface area (Å²) in [7, 11) is -3.34. The lowest BCUT2D eigenvalue weighted by molar-refractivity contribution is -0.137. The molecule has 0 bridgehead atoms. The maximum absolute atomic E-state index is 13.1. The Morgan fingerprint density at radius 2 is 1.64 bits per heavy atom. The zero-order valence-corrected chi connectivity index (χ0v) is 15.4. The van der Waals surface area contributed by atoms with Crippen molar-refractivity contribution >= 4 is 21.6 Å². The Morgan fingerprint density at radius 1 is 0.964 bits per heavy atom. The molecule has 2 aliphatic rings. The fraction of sp³-hybridized carbons (Fsp3) is 0.316. The topological polar surface area (TPSA) is 57.7 Å². The van der Waals surface area contributed by atoms with Crippen molar-refractivity contribution in [2.75, 3.05) is 16.4 Å². The number of hydrogen-bond donors (Lipinski definition) is 0. The SMILES string of the molecule is O=C1N(Cc2cccc(C(F)(F)F)c2)[C@@H]2CS(=O)(=O)C[C@H]2N1c1ccccc1. The quantitative estimate of drug-likeness (QED) is 0.730. The van der Waals surface area contributed by atoms with Gasteiger partial charge in [-0.2, -0.15) is 13.2 Å². The van der Waals surface area contributed by atoms with Crippen molar-refractivity contribution in [3.05, 3.63) is 65.7 Å². The normalized spacial score (nSPS) is 23.9. The first-order valence-electron chi connectivity index (χ1n) is 8.67. The van der Waals surface area contributed by atoms with Crippen molar-refractivity contribution in [3.63, 3.8) is 0 Å². The molecule has 0 saturated carbocycles. The molecule has 148 valence electrons. The van der Waals surface area contributed by atoms with E-state index in [1.165, 1.54) is 21.9 Å². The molecule has 2 heterocycles. The molecule has 0 unspecified atom stereocenters. The van der Waals surface area contributed by atoms with Crippen LogP contribution in [0.4, 0.5) is 23.7 Å². The number of halogens is 3. The number of benzene rings is 2. The van der Waals surface area contributed by atoms with Gasteiger partial charge in [0.15, 0.2) is 9.84 Å². The summed E-state index contributed by atoms with van der Waals surface area (Å²) in [6.07, 6.45) is -4.49. The number of urea groups is 1. The predicted molar refractivity (Wildman–Crippen MR) is 97.5 cm³/mol. The van der Waals surface area contributed by atoms with E-state index < -0.39 is 39.7 Å². The van der Waals surface area contributed by atoms with Crippen LogP contribution in [0.15, 0.2) is 54.6 Å². The second kappa shape index (κ2) is 6.51. The highest BCUT2D eigenvalue weighted by molar-refractivity contribution is 7.91. The second-order valence-electron chi connectivity index (χ2n) is 7.03. The van der Waals surface area contributed by atoms with Gasteiger partial charge >= 0.3 is 12.2 Å². The van der Waals surface area contributed by atoms with Crippen LogP contribution in [-0.4, -0.2) is 42.9 Å². The number of carbonyl (C=O) groups is 1. The lowest BCUT2D eigenvalue weighted by Crippen LogP contribution is -2.37. The summed E-state index contributed by atoms with van der Waals surface area (Å²) < 4.78 is 63.4. The lowest BCUT2D eigenvalue weighted by Gasteiger charge is -2.23. The zero-order chi connectivity index (χ0) is 20.1. The Labute approximate surface area is 160 Å². The van der Waals surface area contributed by atoms with Crippen LogP contribution in [0.3, 0.4) is 0 Å². The fourth-order valence-electron chi connectivity index (χ4n) is 3.90. The Morgan fingerprint density at radius 3 is 2.32 bits per heavy atom. The van der Waals surface area contributed by atoms with Crippen LogP contribution in [0.2, 0.25) is 0 Å². The molecule has 0 radical (unpaired) electrons. The highest BCUT2D eigenvalue weighted by Crippen LogP contribution is 2.36. The first-order valence-corrected chi connectivity index (χ1v) is 10.5. The van der Waals surface area contributed by atoms with Crippen LogP contribution in [0.1, 0.15) is 11.1 Å². The van der Waals surface area contributed by atoms with Gasteiger partial charge in [-0.3, -0.25) is 4.90 Å². The molecule has 2 aliphatic heterocycles. The van der Waals surface area contributed by atoms with Crippen LogP contribution in [0, 0.1) is 0 Å². The number of alkyl halides is 3. The molecule has 5 nitrogen and oxygen atoms in total. The van der Waals surface area contributed by atoms with Crippen LogP contribution in [-0.2, 0) is 22.6 Å². The van der Waals surface area contributed by atoms with Crippen molar-refractivity contribution in [1.82, 2.24) is 4.90 Å². The zero-order valence-electron chi connectivity index (χ0n) is 14.6. The summed E-state index contributed by atoms with van der Waals surface area (Å²) in [5.74, 6) is -0.344. The first kappa shape index (κ1) is 18.8. The molecule has 9 heteroatoms. The Hall–Kier alpha value is -2.55. The van der Waals surface area contributed by atoms with Gasteiger partial charge in [0, 0.05) is 12.2 Å². The molecule has 2 fully saturated rings. The van der Waals surface area contributed by atoms with Crippen LogP contribution < -0.4 is 4.90 Å². The molecule has 2 amide bonds. The minimum absolute atomic E-state index is 0.0806. The Balaban J connectivity index is 1.68. The molecule has 4 rings (SSSR count). The van der Waals surface area contributed by atoms with Gasteiger partial charge in [-0.25, -0.2) is 13.2 Å². The minimum Gasteiger partial charge on any atom is -0.314 e. The number of para-hydroxylation sites is 1. The van der Waals surface area contributed by atoms with Gasteiger partial charge in [0.1, 0.15) is 0 Å². The van der Waals surface area contributed by atoms with Crippen LogP contribution in [0.25, 0.3) is 0 Å². The lowest BCUT2D eigenvalue weighted by atomic mass is 10.1. The maximum Gasteiger partial charge on any atom is 0.416 e. The molecule has 2 aromatic carbocycles. The van der Waals surface area contributed by atoms with E-state index >= 15 is 0 Å². The van der Waals surface area contributed by atoms with E-state index in [1.54, 1.807) is 30.3 Å². The summed E-state index contributed by atoms with van der Waals surface area (Å²) in [5, 5.41) is 0. The summed E-state index contributed by atoms with van der Waals surface area (Å²) in [4.78, 5) is 15.9. The molecule has 0 aromatic heterocycles. The third-order valence-corrected chi connectivity index (χ3v) is 6.82. The molecular weight excluding hydrogens is 393 g/mol. The van der Waals surface area contributed by atoms with Gasteiger partial charge in [0.2, 0.25) is 0 Å². The van der Waals surface area contributed by atoms with Crippen LogP contribution >= 0.6 is 0 Å². The number of rotatable bonds is 3. The van der Waals surface area contributed by atoms with Gasteiger partial charge in [-0.1, -0.05) is 30.3 Å². The second-order valence-corrected chi connectivity index (χ2v) is 9.18. The number of fused-ring (bicyclic) bond motifs is 1. The van der Waals surface area contributed by atoms with E-state index in [2.05, 4.69) is 0 Å². The number of carbonyl (C=O) groups excluding carboxylic acids is 1. The number of hydrogen-bond acceptors (Lipinski definition) is 3. The first-order chi connectivity index (χ1) is 13.2. The highest BCUT2D eigenvalue weighted by Gasteiger charge is 2.53. The molecule has 2 aromatic rings. The minimum atomic E-state index is -4.49. The molecule has 0 aliphatic carbocycles. The highest BCUT2D eigenvalue weighted by atomic mass is 32.2. The summed E-state index contributed by atoms with van der Waals surface area (Å²) in [6, 6.07) is 11.9. The molecular formula is C19H17F3N2O3S. The standard InChI is InChI=1S/C19H17F3N2O3S/c20-19(21,22)14-6-4-5-13(9-14)10-23-16-11-28(26,27)12-17(16)24(18(23)25)15-7-2-1-3-8-15/h1-9,16-17H,10-12H2/t16-,17-/m1/s1. The molecule has 2 saturated heterocycles. The average Bonchev–Trinajstić information content (AvgIpc) is 3.06. The average molecular weight is 410 g/mol. The largest absolute Gasteiger partial charge is 0.416 e. The van der Waals surface area contributed by atoms with Crippen molar-refractivity contribution in [3.8, 4) is 0 Å². The van der Waals surface area contributed by atoms with E-state index in [9.17, 15) is 26.4 Å². The maximum atomic E-state index is 13.1. The van der Waals surface area contributed by atoms with E-state index in [0.717, 1.165) is 12.1 Å². The van der Waals surface area contributed by atoms with Crippen molar-refractivity contribution in [2.24, 2.45) is 0 Å². The van der Waals surface area contributed by atoms with Gasteiger partial charge < -0.3 is 4.90 Å². The van der Waals surface area contributed by atoms with E-state index in [1.807, 2.05) is 0 Å². The third-order valence-electron chi connectivity index (χ3n) is 5.12. The predicted octanol–water partition coefficient (Wildman–Crippen LogP) is 3.31. The van der Waals surface area contributed by atoms with Gasteiger partial charge in [0.05, 0.1) is 29.2 Å². The van der Waals surface area contributed by atoms with Crippen molar-refractivity contribution in [1.29, 1.82) is 0 Å². The molecule has 0 N–H and O–H groups in total. The van der Waals surface area contributed by atoms with E-state index in [0.29, 0.717) is 11.3 Å². The smallest absolute Gasteiger partial charge is 0.314 e. The Bertz CT molecular complexity index is 1010. The Kier molecular flexibility index (Phi) is 4.37. The summed E-state index contributed by atoms with van der Waals surface area (Å²) in [5.41, 5.74) is 0.0828. The third kappa shape index (κ3) is 3.34. The fourth-order valence-corrected chi connectivity index (χ4v) is 5.85. The van der Waals surface area contributed by atoms with E-state index in [-0.39, 0.29) is 18.1 Å². The van der Waals surface area contributed by atoms with Gasteiger partial charge in [-0.05, 0) is 29.8 Å². The van der Waals surface area contributed by atoms with Crippen molar-refractivity contribution in [2.45, 2.75) is 24.8 Å².